The van der Waals surface area contributed by atoms with Crippen LogP contribution in [0, 0.1) is 0 Å². The summed E-state index contributed by atoms with van der Waals surface area (Å²) in [5.74, 6) is 0. The molecule has 6 rings (SSSR count). The summed E-state index contributed by atoms with van der Waals surface area (Å²) in [5.41, 5.74) is 7.60. The van der Waals surface area contributed by atoms with Gasteiger partial charge in [-0.3, -0.25) is 15.0 Å². The normalized spacial score (nSPS) is 13.3. The molecule has 0 saturated carbocycles. The lowest BCUT2D eigenvalue weighted by atomic mass is 10.1. The summed E-state index contributed by atoms with van der Waals surface area (Å²) < 4.78 is 15.1. The molecule has 5 aromatic rings. The Morgan fingerprint density at radius 2 is 1.00 bits per heavy atom. The van der Waals surface area contributed by atoms with E-state index in [1.807, 2.05) is 115 Å². The summed E-state index contributed by atoms with van der Waals surface area (Å²) in [6, 6.07) is 37.9. The smallest absolute Gasteiger partial charge is 0.223 e. The average Bonchev–Trinajstić information content (AvgIpc) is 3.29. The van der Waals surface area contributed by atoms with Crippen LogP contribution < -0.4 is 10.9 Å². The molecule has 0 unspecified atom stereocenters. The fourth-order valence-corrected chi connectivity index (χ4v) is 6.95. The summed E-state index contributed by atoms with van der Waals surface area (Å²) in [4.78, 5) is 14.3. The van der Waals surface area contributed by atoms with Crippen molar-refractivity contribution in [2.75, 3.05) is 6.54 Å². The lowest BCUT2D eigenvalue weighted by Gasteiger charge is -2.18. The van der Waals surface area contributed by atoms with Crippen LogP contribution >= 0.6 is 7.14 Å². The van der Waals surface area contributed by atoms with Crippen LogP contribution in [0.15, 0.2) is 151 Å². The lowest BCUT2D eigenvalue weighted by molar-refractivity contribution is 0.592. The van der Waals surface area contributed by atoms with Crippen LogP contribution in [0.2, 0.25) is 0 Å². The van der Waals surface area contributed by atoms with Crippen molar-refractivity contribution < 1.29 is 4.57 Å². The van der Waals surface area contributed by atoms with Crippen molar-refractivity contribution in [3.63, 3.8) is 0 Å². The van der Waals surface area contributed by atoms with Gasteiger partial charge in [-0.05, 0) is 40.5 Å². The van der Waals surface area contributed by atoms with Gasteiger partial charge in [0.2, 0.25) is 7.14 Å². The molecule has 0 fully saturated rings. The summed E-state index contributed by atoms with van der Waals surface area (Å²) >= 11 is 0. The zero-order valence-corrected chi connectivity index (χ0v) is 22.2. The maximum Gasteiger partial charge on any atom is 0.223 e. The molecular formula is C34H26N3OP. The van der Waals surface area contributed by atoms with Gasteiger partial charge >= 0.3 is 0 Å². The molecule has 0 saturated heterocycles. The van der Waals surface area contributed by atoms with Crippen LogP contribution in [0.25, 0.3) is 27.8 Å². The third-order valence-electron chi connectivity index (χ3n) is 6.76. The van der Waals surface area contributed by atoms with Gasteiger partial charge in [0.15, 0.2) is 0 Å². The minimum Gasteiger partial charge on any atom is -0.304 e. The van der Waals surface area contributed by atoms with Gasteiger partial charge in [0.05, 0.1) is 6.54 Å². The van der Waals surface area contributed by atoms with Gasteiger partial charge in [0, 0.05) is 23.5 Å². The van der Waals surface area contributed by atoms with Gasteiger partial charge in [-0.1, -0.05) is 115 Å². The molecule has 1 aliphatic rings. The average molecular weight is 524 g/mol. The zero-order chi connectivity index (χ0) is 26.5. The van der Waals surface area contributed by atoms with Gasteiger partial charge in [0.25, 0.3) is 0 Å². The van der Waals surface area contributed by atoms with Gasteiger partial charge in [-0.15, -0.1) is 0 Å². The Bertz CT molecular complexity index is 1620. The predicted molar refractivity (Wildman–Crippen MR) is 162 cm³/mol. The van der Waals surface area contributed by atoms with Gasteiger partial charge in [0.1, 0.15) is 16.3 Å². The van der Waals surface area contributed by atoms with E-state index in [0.717, 1.165) is 33.4 Å². The van der Waals surface area contributed by atoms with Gasteiger partial charge in [-0.2, -0.15) is 0 Å². The van der Waals surface area contributed by atoms with Crippen LogP contribution in [0.5, 0.6) is 0 Å². The molecule has 3 heterocycles. The highest BCUT2D eigenvalue weighted by atomic mass is 31.2. The van der Waals surface area contributed by atoms with Crippen molar-refractivity contribution in [2.45, 2.75) is 0 Å². The highest BCUT2D eigenvalue weighted by Crippen LogP contribution is 2.45. The van der Waals surface area contributed by atoms with E-state index >= 15 is 4.57 Å². The SMILES string of the molecule is O=P(C1=NCC=C(c2ccccc2)C=C1)(c1ccc(-c2ccccc2)cn1)c1ccc(-c2ccccc2)cn1. The van der Waals surface area contributed by atoms with E-state index in [1.165, 1.54) is 0 Å². The first-order chi connectivity index (χ1) is 19.2. The topological polar surface area (TPSA) is 55.2 Å². The largest absolute Gasteiger partial charge is 0.304 e. The molecule has 0 N–H and O–H groups in total. The highest BCUT2D eigenvalue weighted by molar-refractivity contribution is 7.93. The fraction of sp³-hybridized carbons (Fsp3) is 0.0294. The van der Waals surface area contributed by atoms with Gasteiger partial charge in [-0.25, -0.2) is 0 Å². The first-order valence-electron chi connectivity index (χ1n) is 12.8. The standard InChI is InChI=1S/C34H26N3OP/c38-39(33-20-17-30(24-36-33)27-12-6-2-7-13-27,34-21-18-31(25-37-34)28-14-8-3-9-15-28)32-19-16-29(22-23-35-32)26-10-4-1-5-11-26/h1-22,24-25H,23H2. The third kappa shape index (κ3) is 5.07. The minimum absolute atomic E-state index is 0.417. The van der Waals surface area contributed by atoms with Crippen LogP contribution in [0.3, 0.4) is 0 Å². The molecule has 0 amide bonds. The molecule has 0 spiro atoms. The van der Waals surface area contributed by atoms with E-state index in [9.17, 15) is 0 Å². The van der Waals surface area contributed by atoms with Crippen molar-refractivity contribution in [1.29, 1.82) is 0 Å². The summed E-state index contributed by atoms with van der Waals surface area (Å²) in [7, 11) is -3.46. The number of aliphatic imine (C=N–C) groups is 1. The number of rotatable bonds is 6. The van der Waals surface area contributed by atoms with Crippen molar-refractivity contribution in [3.8, 4) is 22.3 Å². The van der Waals surface area contributed by atoms with E-state index in [4.69, 9.17) is 15.0 Å². The zero-order valence-electron chi connectivity index (χ0n) is 21.3. The van der Waals surface area contributed by atoms with Crippen LogP contribution in [0.1, 0.15) is 5.56 Å². The molecule has 0 atom stereocenters. The molecule has 3 aromatic carbocycles. The van der Waals surface area contributed by atoms with E-state index in [-0.39, 0.29) is 0 Å². The second-order valence-electron chi connectivity index (χ2n) is 9.21. The maximum atomic E-state index is 15.1. The Kier molecular flexibility index (Phi) is 6.95. The van der Waals surface area contributed by atoms with E-state index in [0.29, 0.717) is 22.9 Å². The van der Waals surface area contributed by atoms with Crippen LogP contribution in [0.4, 0.5) is 0 Å². The number of hydrogen-bond acceptors (Lipinski definition) is 4. The number of aromatic nitrogens is 2. The predicted octanol–water partition coefficient (Wildman–Crippen LogP) is 7.18. The van der Waals surface area contributed by atoms with E-state index < -0.39 is 7.14 Å². The first-order valence-corrected chi connectivity index (χ1v) is 14.6. The number of hydrogen-bond donors (Lipinski definition) is 0. The molecule has 1 aliphatic heterocycles. The second kappa shape index (κ2) is 11.0. The molecule has 0 aliphatic carbocycles. The minimum atomic E-state index is -3.46. The number of nitrogens with zero attached hydrogens (tertiary/aromatic N) is 3. The van der Waals surface area contributed by atoms with Crippen molar-refractivity contribution in [2.24, 2.45) is 4.99 Å². The monoisotopic (exact) mass is 523 g/mol. The van der Waals surface area contributed by atoms with Crippen molar-refractivity contribution >= 4 is 29.0 Å². The molecule has 188 valence electrons. The quantitative estimate of drug-likeness (QED) is 0.222. The molecule has 4 nitrogen and oxygen atoms in total. The Labute approximate surface area is 228 Å². The van der Waals surface area contributed by atoms with Crippen molar-refractivity contribution in [1.82, 2.24) is 9.97 Å². The summed E-state index contributed by atoms with van der Waals surface area (Å²) in [6.45, 7) is 0.417. The highest BCUT2D eigenvalue weighted by Gasteiger charge is 2.35. The Hall–Kier alpha value is -4.66. The summed E-state index contributed by atoms with van der Waals surface area (Å²) in [6.07, 6.45) is 9.48. The third-order valence-corrected chi connectivity index (χ3v) is 9.52. The number of pyridine rings is 2. The van der Waals surface area contributed by atoms with E-state index in [1.54, 1.807) is 12.4 Å². The number of allylic oxidation sites excluding steroid dienone is 3. The Balaban J connectivity index is 1.42. The fourth-order valence-electron chi connectivity index (χ4n) is 4.67. The molecule has 0 radical (unpaired) electrons. The van der Waals surface area contributed by atoms with Crippen LogP contribution in [-0.2, 0) is 4.57 Å². The Morgan fingerprint density at radius 3 is 1.46 bits per heavy atom. The summed E-state index contributed by atoms with van der Waals surface area (Å²) in [5, 5.41) is 0. The molecular weight excluding hydrogens is 497 g/mol. The first kappa shape index (κ1) is 24.7. The van der Waals surface area contributed by atoms with Crippen LogP contribution in [-0.4, -0.2) is 22.0 Å². The maximum absolute atomic E-state index is 15.1. The van der Waals surface area contributed by atoms with Gasteiger partial charge < -0.3 is 4.57 Å². The molecule has 5 heteroatoms. The molecule has 0 bridgehead atoms. The lowest BCUT2D eigenvalue weighted by Crippen LogP contribution is -2.26. The van der Waals surface area contributed by atoms with E-state index in [2.05, 4.69) is 18.2 Å². The molecule has 2 aromatic heterocycles. The number of benzene rings is 3. The Morgan fingerprint density at radius 1 is 0.513 bits per heavy atom. The molecule has 39 heavy (non-hydrogen) atoms. The second-order valence-corrected chi connectivity index (χ2v) is 11.8. The van der Waals surface area contributed by atoms with Crippen molar-refractivity contribution in [3.05, 3.63) is 151 Å².